The molecule has 0 radical (unpaired) electrons. The minimum atomic E-state index is -3.77. The Balaban J connectivity index is 2.08. The Bertz CT molecular complexity index is 1010. The average Bonchev–Trinajstić information content (AvgIpc) is 2.70. The van der Waals surface area contributed by atoms with Crippen LogP contribution in [0.25, 0.3) is 0 Å². The van der Waals surface area contributed by atoms with Gasteiger partial charge in [0.15, 0.2) is 5.57 Å². The highest BCUT2D eigenvalue weighted by molar-refractivity contribution is 7.92. The smallest absolute Gasteiger partial charge is 0.350 e. The molecule has 29 heavy (non-hydrogen) atoms. The van der Waals surface area contributed by atoms with Gasteiger partial charge in [0.05, 0.1) is 18.1 Å². The number of nitriles is 1. The van der Waals surface area contributed by atoms with E-state index >= 15 is 0 Å². The lowest BCUT2D eigenvalue weighted by Crippen LogP contribution is -2.13. The van der Waals surface area contributed by atoms with Crippen LogP contribution in [0.2, 0.25) is 0 Å². The Morgan fingerprint density at radius 2 is 1.66 bits per heavy atom. The van der Waals surface area contributed by atoms with E-state index in [0.29, 0.717) is 23.7 Å². The lowest BCUT2D eigenvalue weighted by molar-refractivity contribution is -0.138. The van der Waals surface area contributed by atoms with Crippen LogP contribution < -0.4 is 14.8 Å². The molecule has 2 N–H and O–H groups in total. The van der Waals surface area contributed by atoms with E-state index in [-0.39, 0.29) is 17.1 Å². The molecule has 0 heterocycles. The summed E-state index contributed by atoms with van der Waals surface area (Å²) in [6, 6.07) is 14.2. The minimum absolute atomic E-state index is 0.0619. The van der Waals surface area contributed by atoms with E-state index in [4.69, 9.17) is 14.7 Å². The molecule has 0 aromatic heterocycles. The predicted octanol–water partition coefficient (Wildman–Crippen LogP) is 3.27. The van der Waals surface area contributed by atoms with Gasteiger partial charge in [-0.2, -0.15) is 5.26 Å². The van der Waals surface area contributed by atoms with E-state index in [0.717, 1.165) is 0 Å². The van der Waals surface area contributed by atoms with Crippen LogP contribution in [0.15, 0.2) is 65.2 Å². The first-order valence-electron chi connectivity index (χ1n) is 8.79. The van der Waals surface area contributed by atoms with E-state index in [2.05, 4.69) is 10.0 Å². The van der Waals surface area contributed by atoms with E-state index in [1.165, 1.54) is 30.5 Å². The first kappa shape index (κ1) is 21.8. The number of hydrogen-bond acceptors (Lipinski definition) is 7. The molecule has 0 atom stereocenters. The molecule has 0 amide bonds. The Hall–Kier alpha value is -3.51. The van der Waals surface area contributed by atoms with Gasteiger partial charge in [-0.15, -0.1) is 0 Å². The van der Waals surface area contributed by atoms with Gasteiger partial charge in [0.2, 0.25) is 0 Å². The zero-order valence-corrected chi connectivity index (χ0v) is 16.8. The van der Waals surface area contributed by atoms with Crippen molar-refractivity contribution in [3.05, 3.63) is 60.3 Å². The van der Waals surface area contributed by atoms with Gasteiger partial charge in [0.1, 0.15) is 11.8 Å². The van der Waals surface area contributed by atoms with Crippen molar-refractivity contribution in [3.8, 4) is 11.8 Å². The number of nitrogens with one attached hydrogen (secondary N) is 2. The maximum atomic E-state index is 12.5. The summed E-state index contributed by atoms with van der Waals surface area (Å²) in [6.45, 7) is 4.19. The van der Waals surface area contributed by atoms with Crippen LogP contribution in [0.5, 0.6) is 5.75 Å². The molecule has 0 aliphatic heterocycles. The maximum absolute atomic E-state index is 12.5. The Morgan fingerprint density at radius 3 is 2.21 bits per heavy atom. The van der Waals surface area contributed by atoms with Gasteiger partial charge in [-0.3, -0.25) is 4.72 Å². The Labute approximate surface area is 169 Å². The summed E-state index contributed by atoms with van der Waals surface area (Å²) in [5, 5.41) is 11.8. The lowest BCUT2D eigenvalue weighted by Gasteiger charge is -2.10. The fourth-order valence-corrected chi connectivity index (χ4v) is 3.29. The maximum Gasteiger partial charge on any atom is 0.350 e. The fraction of sp³-hybridized carbons (Fsp3) is 0.200. The van der Waals surface area contributed by atoms with E-state index in [1.54, 1.807) is 37.3 Å². The predicted molar refractivity (Wildman–Crippen MR) is 109 cm³/mol. The van der Waals surface area contributed by atoms with Crippen molar-refractivity contribution in [2.45, 2.75) is 18.7 Å². The highest BCUT2D eigenvalue weighted by Crippen LogP contribution is 2.21. The van der Waals surface area contributed by atoms with Crippen molar-refractivity contribution >= 4 is 27.4 Å². The zero-order chi connectivity index (χ0) is 21.3. The molecule has 0 saturated carbocycles. The molecule has 0 fully saturated rings. The van der Waals surface area contributed by atoms with Gasteiger partial charge >= 0.3 is 5.97 Å². The molecule has 0 aliphatic rings. The fourth-order valence-electron chi connectivity index (χ4n) is 2.23. The molecule has 0 bridgehead atoms. The number of carbonyl (C=O) groups is 1. The standard InChI is InChI=1S/C20H21N3O5S/c1-3-27-18-9-5-17(6-10-18)23-29(25,26)19-11-7-16(8-12-19)22-14-15(13-21)20(24)28-4-2/h5-12,14,22-23H,3-4H2,1-2H3/b15-14-. The molecule has 2 rings (SSSR count). The Kier molecular flexibility index (Phi) is 7.62. The van der Waals surface area contributed by atoms with Crippen LogP contribution in [0, 0.1) is 11.3 Å². The van der Waals surface area contributed by atoms with Crippen molar-refractivity contribution in [1.82, 2.24) is 0 Å². The van der Waals surface area contributed by atoms with Crippen molar-refractivity contribution < 1.29 is 22.7 Å². The molecular weight excluding hydrogens is 394 g/mol. The number of nitrogens with zero attached hydrogens (tertiary/aromatic N) is 1. The number of sulfonamides is 1. The summed E-state index contributed by atoms with van der Waals surface area (Å²) in [7, 11) is -3.77. The van der Waals surface area contributed by atoms with Crippen LogP contribution in [0.4, 0.5) is 11.4 Å². The van der Waals surface area contributed by atoms with Crippen molar-refractivity contribution in [2.24, 2.45) is 0 Å². The van der Waals surface area contributed by atoms with Crippen LogP contribution in [-0.2, 0) is 19.6 Å². The Morgan fingerprint density at radius 1 is 1.03 bits per heavy atom. The second kappa shape index (κ2) is 10.1. The zero-order valence-electron chi connectivity index (χ0n) is 16.0. The second-order valence-electron chi connectivity index (χ2n) is 5.62. The van der Waals surface area contributed by atoms with Crippen molar-refractivity contribution in [3.63, 3.8) is 0 Å². The number of carbonyl (C=O) groups excluding carboxylic acids is 1. The third-order valence-electron chi connectivity index (χ3n) is 3.58. The SMILES string of the molecule is CCOC(=O)/C(C#N)=C\Nc1ccc(S(=O)(=O)Nc2ccc(OCC)cc2)cc1. The summed E-state index contributed by atoms with van der Waals surface area (Å²) in [6.07, 6.45) is 1.21. The van der Waals surface area contributed by atoms with Crippen molar-refractivity contribution in [2.75, 3.05) is 23.3 Å². The largest absolute Gasteiger partial charge is 0.494 e. The second-order valence-corrected chi connectivity index (χ2v) is 7.30. The summed E-state index contributed by atoms with van der Waals surface area (Å²) in [5.41, 5.74) is 0.717. The number of benzene rings is 2. The van der Waals surface area contributed by atoms with E-state index in [9.17, 15) is 13.2 Å². The van der Waals surface area contributed by atoms with E-state index in [1.807, 2.05) is 6.92 Å². The number of ether oxygens (including phenoxy) is 2. The summed E-state index contributed by atoms with van der Waals surface area (Å²) < 4.78 is 37.6. The van der Waals surface area contributed by atoms with Gasteiger partial charge in [-0.1, -0.05) is 0 Å². The highest BCUT2D eigenvalue weighted by Gasteiger charge is 2.14. The van der Waals surface area contributed by atoms with Gasteiger partial charge in [-0.05, 0) is 62.4 Å². The molecule has 8 nitrogen and oxygen atoms in total. The number of rotatable bonds is 9. The molecule has 2 aromatic carbocycles. The van der Waals surface area contributed by atoms with Crippen LogP contribution in [-0.4, -0.2) is 27.6 Å². The molecule has 0 saturated heterocycles. The molecule has 9 heteroatoms. The number of hydrogen-bond donors (Lipinski definition) is 2. The van der Waals surface area contributed by atoms with Gasteiger partial charge in [0, 0.05) is 17.6 Å². The average molecular weight is 415 g/mol. The van der Waals surface area contributed by atoms with Crippen LogP contribution in [0.1, 0.15) is 13.8 Å². The molecular formula is C20H21N3O5S. The summed E-state index contributed by atoms with van der Waals surface area (Å²) in [4.78, 5) is 11.6. The first-order chi connectivity index (χ1) is 13.9. The number of esters is 1. The van der Waals surface area contributed by atoms with Crippen LogP contribution in [0.3, 0.4) is 0 Å². The topological polar surface area (TPSA) is 118 Å². The lowest BCUT2D eigenvalue weighted by atomic mass is 10.3. The highest BCUT2D eigenvalue weighted by atomic mass is 32.2. The van der Waals surface area contributed by atoms with Crippen LogP contribution >= 0.6 is 0 Å². The molecule has 2 aromatic rings. The quantitative estimate of drug-likeness (QED) is 0.367. The monoisotopic (exact) mass is 415 g/mol. The number of anilines is 2. The molecule has 152 valence electrons. The first-order valence-corrected chi connectivity index (χ1v) is 10.3. The molecule has 0 unspecified atom stereocenters. The minimum Gasteiger partial charge on any atom is -0.494 e. The van der Waals surface area contributed by atoms with E-state index < -0.39 is 16.0 Å². The van der Waals surface area contributed by atoms with Crippen molar-refractivity contribution in [1.29, 1.82) is 5.26 Å². The van der Waals surface area contributed by atoms with Gasteiger partial charge in [0.25, 0.3) is 10.0 Å². The molecule has 0 spiro atoms. The third-order valence-corrected chi connectivity index (χ3v) is 4.98. The van der Waals surface area contributed by atoms with Gasteiger partial charge < -0.3 is 14.8 Å². The third kappa shape index (κ3) is 6.26. The summed E-state index contributed by atoms with van der Waals surface area (Å²) in [5.74, 6) is -0.0836. The summed E-state index contributed by atoms with van der Waals surface area (Å²) >= 11 is 0. The normalized spacial score (nSPS) is 11.3. The molecule has 0 aliphatic carbocycles. The van der Waals surface area contributed by atoms with Gasteiger partial charge in [-0.25, -0.2) is 13.2 Å².